The number of benzene rings is 2. The maximum absolute atomic E-state index is 6.08. The van der Waals surface area contributed by atoms with Crippen molar-refractivity contribution in [2.75, 3.05) is 0 Å². The van der Waals surface area contributed by atoms with E-state index in [0.29, 0.717) is 0 Å². The zero-order chi connectivity index (χ0) is 18.3. The van der Waals surface area contributed by atoms with Crippen molar-refractivity contribution in [2.45, 2.75) is 27.3 Å². The Morgan fingerprint density at radius 2 is 1.62 bits per heavy atom. The van der Waals surface area contributed by atoms with E-state index in [1.165, 1.54) is 33.3 Å². The van der Waals surface area contributed by atoms with Crippen LogP contribution in [0, 0.1) is 20.8 Å². The van der Waals surface area contributed by atoms with E-state index in [1.54, 1.807) is 0 Å². The number of nitrogens with zero attached hydrogens (tertiary/aromatic N) is 2. The molecular weight excluding hydrogens is 340 g/mol. The molecule has 0 radical (unpaired) electrons. The Labute approximate surface area is 159 Å². The number of hydrogen-bond donors (Lipinski definition) is 0. The van der Waals surface area contributed by atoms with Crippen LogP contribution < -0.4 is 0 Å². The summed E-state index contributed by atoms with van der Waals surface area (Å²) in [5.74, 6) is 0. The minimum atomic E-state index is 0.755. The second-order valence-corrected chi connectivity index (χ2v) is 7.24. The van der Waals surface area contributed by atoms with Gasteiger partial charge in [0.25, 0.3) is 0 Å². The van der Waals surface area contributed by atoms with Gasteiger partial charge in [0, 0.05) is 28.3 Å². The van der Waals surface area contributed by atoms with Crippen LogP contribution in [0.1, 0.15) is 22.5 Å². The lowest BCUT2D eigenvalue weighted by Crippen LogP contribution is -2.03. The monoisotopic (exact) mass is 360 g/mol. The molecule has 0 N–H and O–H groups in total. The van der Waals surface area contributed by atoms with Crippen molar-refractivity contribution in [3.8, 4) is 11.1 Å². The molecule has 2 aromatic carbocycles. The van der Waals surface area contributed by atoms with Crippen LogP contribution in [0.15, 0.2) is 60.7 Å². The van der Waals surface area contributed by atoms with Crippen molar-refractivity contribution >= 4 is 22.6 Å². The van der Waals surface area contributed by atoms with Crippen LogP contribution in [0.5, 0.6) is 0 Å². The first kappa shape index (κ1) is 16.9. The van der Waals surface area contributed by atoms with Gasteiger partial charge in [-0.1, -0.05) is 54.1 Å². The highest BCUT2D eigenvalue weighted by molar-refractivity contribution is 6.30. The van der Waals surface area contributed by atoms with E-state index in [4.69, 9.17) is 16.6 Å². The number of aromatic nitrogens is 2. The van der Waals surface area contributed by atoms with Gasteiger partial charge in [-0.25, -0.2) is 4.98 Å². The fraction of sp³-hybridized carbons (Fsp3) is 0.174. The molecule has 0 spiro atoms. The maximum atomic E-state index is 6.08. The second-order valence-electron chi connectivity index (χ2n) is 6.80. The van der Waals surface area contributed by atoms with Crippen molar-refractivity contribution in [1.29, 1.82) is 0 Å². The summed E-state index contributed by atoms with van der Waals surface area (Å²) >= 11 is 6.08. The van der Waals surface area contributed by atoms with E-state index in [-0.39, 0.29) is 0 Å². The Morgan fingerprint density at radius 3 is 2.31 bits per heavy atom. The summed E-state index contributed by atoms with van der Waals surface area (Å²) in [7, 11) is 0. The Kier molecular flexibility index (Phi) is 4.29. The van der Waals surface area contributed by atoms with Crippen LogP contribution in [-0.4, -0.2) is 9.55 Å². The standard InChI is InChI=1S/C23H21ClN2/c1-15-13-21(19-9-11-20(24)12-10-19)22-16(2)17(3)26(23(22)25-15)14-18-7-5-4-6-8-18/h4-13H,14H2,1-3H3. The molecule has 0 saturated heterocycles. The molecule has 2 aromatic heterocycles. The SMILES string of the molecule is Cc1cc(-c2ccc(Cl)cc2)c2c(C)c(C)n(Cc3ccccc3)c2n1. The van der Waals surface area contributed by atoms with Gasteiger partial charge in [0.05, 0.1) is 0 Å². The molecule has 0 amide bonds. The average Bonchev–Trinajstić information content (AvgIpc) is 2.87. The number of hydrogen-bond acceptors (Lipinski definition) is 1. The third kappa shape index (κ3) is 2.91. The van der Waals surface area contributed by atoms with Crippen LogP contribution >= 0.6 is 11.6 Å². The molecule has 3 heteroatoms. The van der Waals surface area contributed by atoms with Gasteiger partial charge in [0.2, 0.25) is 0 Å². The molecule has 0 saturated carbocycles. The predicted molar refractivity (Wildman–Crippen MR) is 110 cm³/mol. The van der Waals surface area contributed by atoms with Gasteiger partial charge in [-0.15, -0.1) is 0 Å². The Bertz CT molecular complexity index is 1080. The quantitative estimate of drug-likeness (QED) is 0.417. The fourth-order valence-electron chi connectivity index (χ4n) is 3.58. The second kappa shape index (κ2) is 6.62. The van der Waals surface area contributed by atoms with Gasteiger partial charge in [-0.3, -0.25) is 0 Å². The van der Waals surface area contributed by atoms with Crippen LogP contribution in [-0.2, 0) is 6.54 Å². The average molecular weight is 361 g/mol. The molecule has 130 valence electrons. The zero-order valence-corrected chi connectivity index (χ0v) is 16.0. The molecule has 2 nitrogen and oxygen atoms in total. The van der Waals surface area contributed by atoms with Crippen molar-refractivity contribution in [2.24, 2.45) is 0 Å². The number of rotatable bonds is 3. The Morgan fingerprint density at radius 1 is 0.923 bits per heavy atom. The van der Waals surface area contributed by atoms with Crippen LogP contribution in [0.25, 0.3) is 22.2 Å². The van der Waals surface area contributed by atoms with Gasteiger partial charge >= 0.3 is 0 Å². The number of halogens is 1. The van der Waals surface area contributed by atoms with E-state index in [2.05, 4.69) is 73.9 Å². The molecule has 2 heterocycles. The first-order valence-electron chi connectivity index (χ1n) is 8.81. The molecule has 0 atom stereocenters. The summed E-state index contributed by atoms with van der Waals surface area (Å²) in [4.78, 5) is 4.89. The van der Waals surface area contributed by atoms with Gasteiger partial charge in [-0.05, 0) is 61.2 Å². The number of fused-ring (bicyclic) bond motifs is 1. The molecule has 0 unspecified atom stereocenters. The zero-order valence-electron chi connectivity index (χ0n) is 15.3. The van der Waals surface area contributed by atoms with E-state index in [0.717, 1.165) is 22.9 Å². The van der Waals surface area contributed by atoms with Crippen molar-refractivity contribution < 1.29 is 0 Å². The Hall–Kier alpha value is -2.58. The first-order valence-corrected chi connectivity index (χ1v) is 9.19. The summed E-state index contributed by atoms with van der Waals surface area (Å²) in [6.45, 7) is 7.26. The van der Waals surface area contributed by atoms with Gasteiger partial charge in [-0.2, -0.15) is 0 Å². The van der Waals surface area contributed by atoms with E-state index in [1.807, 2.05) is 12.1 Å². The molecular formula is C23H21ClN2. The molecule has 0 fully saturated rings. The molecule has 4 aromatic rings. The van der Waals surface area contributed by atoms with Gasteiger partial charge in [0.15, 0.2) is 0 Å². The highest BCUT2D eigenvalue weighted by atomic mass is 35.5. The lowest BCUT2D eigenvalue weighted by atomic mass is 10.00. The van der Waals surface area contributed by atoms with Crippen molar-refractivity contribution in [3.63, 3.8) is 0 Å². The normalized spacial score (nSPS) is 11.2. The highest BCUT2D eigenvalue weighted by Gasteiger charge is 2.17. The first-order chi connectivity index (χ1) is 12.5. The molecule has 0 bridgehead atoms. The van der Waals surface area contributed by atoms with Crippen molar-refractivity contribution in [1.82, 2.24) is 9.55 Å². The van der Waals surface area contributed by atoms with Crippen LogP contribution in [0.4, 0.5) is 0 Å². The number of pyridine rings is 1. The predicted octanol–water partition coefficient (Wildman–Crippen LogP) is 6.33. The minimum Gasteiger partial charge on any atom is -0.325 e. The minimum absolute atomic E-state index is 0.755. The third-order valence-electron chi connectivity index (χ3n) is 5.05. The van der Waals surface area contributed by atoms with Gasteiger partial charge < -0.3 is 4.57 Å². The smallest absolute Gasteiger partial charge is 0.141 e. The third-order valence-corrected chi connectivity index (χ3v) is 5.30. The highest BCUT2D eigenvalue weighted by Crippen LogP contribution is 2.35. The summed E-state index contributed by atoms with van der Waals surface area (Å²) in [6.07, 6.45) is 0. The lowest BCUT2D eigenvalue weighted by Gasteiger charge is -2.10. The van der Waals surface area contributed by atoms with Gasteiger partial charge in [0.1, 0.15) is 5.65 Å². The number of aryl methyl sites for hydroxylation is 2. The topological polar surface area (TPSA) is 17.8 Å². The Balaban J connectivity index is 1.96. The molecule has 4 rings (SSSR count). The lowest BCUT2D eigenvalue weighted by molar-refractivity contribution is 0.789. The largest absolute Gasteiger partial charge is 0.325 e. The van der Waals surface area contributed by atoms with E-state index in [9.17, 15) is 0 Å². The summed E-state index contributed by atoms with van der Waals surface area (Å²) in [5, 5.41) is 1.98. The fourth-order valence-corrected chi connectivity index (χ4v) is 3.71. The van der Waals surface area contributed by atoms with Crippen LogP contribution in [0.2, 0.25) is 5.02 Å². The molecule has 0 aliphatic carbocycles. The molecule has 26 heavy (non-hydrogen) atoms. The van der Waals surface area contributed by atoms with E-state index >= 15 is 0 Å². The summed E-state index contributed by atoms with van der Waals surface area (Å²) in [6, 6.07) is 20.8. The molecule has 0 aliphatic heterocycles. The van der Waals surface area contributed by atoms with Crippen molar-refractivity contribution in [3.05, 3.63) is 88.2 Å². The summed E-state index contributed by atoms with van der Waals surface area (Å²) < 4.78 is 2.33. The van der Waals surface area contributed by atoms with Crippen LogP contribution in [0.3, 0.4) is 0 Å². The van der Waals surface area contributed by atoms with E-state index < -0.39 is 0 Å². The molecule has 0 aliphatic rings. The maximum Gasteiger partial charge on any atom is 0.141 e. The summed E-state index contributed by atoms with van der Waals surface area (Å²) in [5.41, 5.74) is 8.29.